The van der Waals surface area contributed by atoms with Gasteiger partial charge in [-0.3, -0.25) is 4.79 Å². The second-order valence-electron chi connectivity index (χ2n) is 3.73. The fraction of sp³-hybridized carbons (Fsp3) is 0.154. The van der Waals surface area contributed by atoms with E-state index in [-0.39, 0.29) is 17.2 Å². The number of benzene rings is 1. The number of rotatable bonds is 3. The number of hydrogen-bond donors (Lipinski definition) is 3. The number of nitrogens with one attached hydrogen (secondary N) is 1. The van der Waals surface area contributed by atoms with Crippen LogP contribution in [0.5, 0.6) is 0 Å². The van der Waals surface area contributed by atoms with Gasteiger partial charge in [0.25, 0.3) is 5.91 Å². The van der Waals surface area contributed by atoms with Gasteiger partial charge >= 0.3 is 7.12 Å². The molecule has 0 aliphatic carbocycles. The second-order valence-corrected chi connectivity index (χ2v) is 3.73. The lowest BCUT2D eigenvalue weighted by atomic mass is 9.83. The number of hydrogen-bond acceptors (Lipinski definition) is 5. The third-order valence-electron chi connectivity index (χ3n) is 2.18. The summed E-state index contributed by atoms with van der Waals surface area (Å²) in [6, 6.07) is 12.0. The molecule has 0 spiro atoms. The molecule has 0 bridgehead atoms. The van der Waals surface area contributed by atoms with Crippen LogP contribution in [0.15, 0.2) is 48.8 Å². The van der Waals surface area contributed by atoms with Crippen LogP contribution >= 0.6 is 0 Å². The summed E-state index contributed by atoms with van der Waals surface area (Å²) in [5.74, 6) is -0.372. The van der Waals surface area contributed by atoms with Crippen molar-refractivity contribution < 1.29 is 14.8 Å². The van der Waals surface area contributed by atoms with Gasteiger partial charge in [-0.15, -0.1) is 0 Å². The molecular formula is C13H16BN3O3. The summed E-state index contributed by atoms with van der Waals surface area (Å²) >= 11 is 0. The Morgan fingerprint density at radius 2 is 1.55 bits per heavy atom. The number of carbonyl (C=O) groups is 1. The highest BCUT2D eigenvalue weighted by atomic mass is 16.4. The number of carbonyl (C=O) groups excluding carboxylic acids is 1. The van der Waals surface area contributed by atoms with E-state index < -0.39 is 7.12 Å². The summed E-state index contributed by atoms with van der Waals surface area (Å²) in [4.78, 5) is 18.5. The van der Waals surface area contributed by atoms with Crippen LogP contribution in [0.3, 0.4) is 0 Å². The van der Waals surface area contributed by atoms with Gasteiger partial charge in [0.15, 0.2) is 0 Å². The summed E-state index contributed by atoms with van der Waals surface area (Å²) in [6.45, 7) is 2.27. The lowest BCUT2D eigenvalue weighted by Gasteiger charge is -2.01. The van der Waals surface area contributed by atoms with E-state index in [9.17, 15) is 4.79 Å². The molecule has 0 fully saturated rings. The molecule has 0 atom stereocenters. The zero-order valence-electron chi connectivity index (χ0n) is 11.1. The molecule has 0 aliphatic heterocycles. The Labute approximate surface area is 117 Å². The summed E-state index contributed by atoms with van der Waals surface area (Å²) in [6.07, 6.45) is 2.39. The summed E-state index contributed by atoms with van der Waals surface area (Å²) in [5.41, 5.74) is 0.151. The van der Waals surface area contributed by atoms with Crippen LogP contribution in [0.4, 0.5) is 0 Å². The highest BCUT2D eigenvalue weighted by Gasteiger charge is 2.13. The molecule has 0 aliphatic rings. The first-order valence-corrected chi connectivity index (χ1v) is 6.11. The van der Waals surface area contributed by atoms with E-state index >= 15 is 0 Å². The molecule has 7 heteroatoms. The smallest absolute Gasteiger partial charge is 0.423 e. The summed E-state index contributed by atoms with van der Waals surface area (Å²) in [5, 5.41) is 20.0. The quantitative estimate of drug-likeness (QED) is 0.661. The Morgan fingerprint density at radius 3 is 1.90 bits per heavy atom. The standard InChI is InChI=1S/C7H10BN3O3.C6H6/c1-2-9-7(12)6-10-3-5(4-11-6)8(13)14;1-2-4-6-5-3-1/h3-4,13-14H,2H2,1H3,(H,9,12);1-6H. The molecule has 104 valence electrons. The minimum atomic E-state index is -1.61. The van der Waals surface area contributed by atoms with Gasteiger partial charge in [-0.05, 0) is 6.92 Å². The Kier molecular flexibility index (Phi) is 6.95. The lowest BCUT2D eigenvalue weighted by Crippen LogP contribution is -2.32. The van der Waals surface area contributed by atoms with E-state index in [2.05, 4.69) is 15.3 Å². The molecule has 2 rings (SSSR count). The van der Waals surface area contributed by atoms with Crippen LogP contribution in [0, 0.1) is 0 Å². The highest BCUT2D eigenvalue weighted by molar-refractivity contribution is 6.58. The van der Waals surface area contributed by atoms with Crippen molar-refractivity contribution in [2.24, 2.45) is 0 Å². The zero-order valence-corrected chi connectivity index (χ0v) is 11.1. The van der Waals surface area contributed by atoms with E-state index in [4.69, 9.17) is 10.0 Å². The van der Waals surface area contributed by atoms with E-state index in [1.54, 1.807) is 6.92 Å². The Morgan fingerprint density at radius 1 is 1.10 bits per heavy atom. The predicted octanol–water partition coefficient (Wildman–Crippen LogP) is -0.407. The van der Waals surface area contributed by atoms with Crippen LogP contribution in [-0.4, -0.2) is 39.6 Å². The van der Waals surface area contributed by atoms with E-state index in [0.717, 1.165) is 0 Å². The average molecular weight is 273 g/mol. The van der Waals surface area contributed by atoms with Crippen LogP contribution in [0.1, 0.15) is 17.5 Å². The van der Waals surface area contributed by atoms with Gasteiger partial charge in [-0.2, -0.15) is 0 Å². The third-order valence-corrected chi connectivity index (χ3v) is 2.18. The Hall–Kier alpha value is -2.25. The lowest BCUT2D eigenvalue weighted by molar-refractivity contribution is 0.0945. The van der Waals surface area contributed by atoms with Gasteiger partial charge in [0.2, 0.25) is 5.82 Å². The van der Waals surface area contributed by atoms with Gasteiger partial charge in [0.05, 0.1) is 0 Å². The molecule has 1 amide bonds. The first kappa shape index (κ1) is 15.8. The Balaban J connectivity index is 0.000000276. The first-order chi connectivity index (χ1) is 9.65. The molecule has 0 radical (unpaired) electrons. The Bertz CT molecular complexity index is 479. The van der Waals surface area contributed by atoms with Gasteiger partial charge in [-0.25, -0.2) is 9.97 Å². The van der Waals surface area contributed by atoms with Crippen LogP contribution in [-0.2, 0) is 0 Å². The number of amides is 1. The van der Waals surface area contributed by atoms with Crippen LogP contribution in [0.2, 0.25) is 0 Å². The largest absolute Gasteiger partial charge is 0.491 e. The monoisotopic (exact) mass is 273 g/mol. The molecule has 2 aromatic rings. The van der Waals surface area contributed by atoms with Crippen molar-refractivity contribution in [1.82, 2.24) is 15.3 Å². The zero-order chi connectivity index (χ0) is 14.8. The minimum absolute atomic E-state index is 0.0104. The fourth-order valence-corrected chi connectivity index (χ4v) is 1.21. The van der Waals surface area contributed by atoms with E-state index in [1.165, 1.54) is 12.4 Å². The molecule has 0 unspecified atom stereocenters. The highest BCUT2D eigenvalue weighted by Crippen LogP contribution is 1.86. The van der Waals surface area contributed by atoms with E-state index in [1.807, 2.05) is 36.4 Å². The molecule has 0 saturated carbocycles. The normalized spacial score (nSPS) is 9.15. The maximum absolute atomic E-state index is 11.2. The maximum atomic E-state index is 11.2. The van der Waals surface area contributed by atoms with Crippen molar-refractivity contribution in [1.29, 1.82) is 0 Å². The SMILES string of the molecule is CCNC(=O)c1ncc(B(O)O)cn1.c1ccccc1. The van der Waals surface area contributed by atoms with Crippen LogP contribution < -0.4 is 10.8 Å². The topological polar surface area (TPSA) is 95.3 Å². The minimum Gasteiger partial charge on any atom is -0.423 e. The molecule has 1 aromatic carbocycles. The summed E-state index contributed by atoms with van der Waals surface area (Å²) < 4.78 is 0. The first-order valence-electron chi connectivity index (χ1n) is 6.11. The van der Waals surface area contributed by atoms with Gasteiger partial charge in [-0.1, -0.05) is 36.4 Å². The van der Waals surface area contributed by atoms with Crippen molar-refractivity contribution in [2.75, 3.05) is 6.54 Å². The van der Waals surface area contributed by atoms with Crippen LogP contribution in [0.25, 0.3) is 0 Å². The fourth-order valence-electron chi connectivity index (χ4n) is 1.21. The average Bonchev–Trinajstić information content (AvgIpc) is 2.50. The van der Waals surface area contributed by atoms with E-state index in [0.29, 0.717) is 6.54 Å². The third kappa shape index (κ3) is 5.60. The number of aromatic nitrogens is 2. The predicted molar refractivity (Wildman–Crippen MR) is 76.3 cm³/mol. The van der Waals surface area contributed by atoms with Crippen molar-refractivity contribution in [3.63, 3.8) is 0 Å². The molecule has 1 heterocycles. The molecule has 3 N–H and O–H groups in total. The van der Waals surface area contributed by atoms with Gasteiger partial charge < -0.3 is 15.4 Å². The molecule has 1 aromatic heterocycles. The molecule has 20 heavy (non-hydrogen) atoms. The van der Waals surface area contributed by atoms with Crippen molar-refractivity contribution in [2.45, 2.75) is 6.92 Å². The second kappa shape index (κ2) is 8.79. The van der Waals surface area contributed by atoms with Crippen molar-refractivity contribution >= 4 is 18.5 Å². The molecular weight excluding hydrogens is 257 g/mol. The molecule has 0 saturated heterocycles. The van der Waals surface area contributed by atoms with Gasteiger partial charge in [0.1, 0.15) is 0 Å². The molecule has 6 nitrogen and oxygen atoms in total. The van der Waals surface area contributed by atoms with Gasteiger partial charge in [0, 0.05) is 24.4 Å². The summed E-state index contributed by atoms with van der Waals surface area (Å²) in [7, 11) is -1.61. The number of nitrogens with zero attached hydrogens (tertiary/aromatic N) is 2. The maximum Gasteiger partial charge on any atom is 0.491 e. The van der Waals surface area contributed by atoms with Crippen molar-refractivity contribution in [3.8, 4) is 0 Å². The van der Waals surface area contributed by atoms with Crippen molar-refractivity contribution in [3.05, 3.63) is 54.6 Å².